The molecule has 0 saturated heterocycles. The molecule has 0 bridgehead atoms. The fraction of sp³-hybridized carbons (Fsp3) is 0.833. The topological polar surface area (TPSA) is 12.0 Å². The second-order valence-corrected chi connectivity index (χ2v) is 5.07. The van der Waals surface area contributed by atoms with Crippen molar-refractivity contribution in [3.63, 3.8) is 0 Å². The second-order valence-electron chi connectivity index (χ2n) is 5.07. The molecule has 0 aliphatic carbocycles. The van der Waals surface area contributed by atoms with Gasteiger partial charge >= 0.3 is 0 Å². The van der Waals surface area contributed by atoms with Crippen LogP contribution in [0.1, 0.15) is 48.0 Å². The maximum absolute atomic E-state index is 4.07. The van der Waals surface area contributed by atoms with Gasteiger partial charge in [0.1, 0.15) is 0 Å². The van der Waals surface area contributed by atoms with E-state index in [0.717, 1.165) is 6.42 Å². The third-order valence-electron chi connectivity index (χ3n) is 2.91. The van der Waals surface area contributed by atoms with E-state index in [9.17, 15) is 0 Å². The van der Waals surface area contributed by atoms with E-state index < -0.39 is 0 Å². The summed E-state index contributed by atoms with van der Waals surface area (Å²) in [4.78, 5) is 0. The number of allylic oxidation sites excluding steroid dienone is 1. The highest BCUT2D eigenvalue weighted by Crippen LogP contribution is 2.21. The predicted octanol–water partition coefficient (Wildman–Crippen LogP) is 3.57. The average Bonchev–Trinajstić information content (AvgIpc) is 2.01. The zero-order valence-corrected chi connectivity index (χ0v) is 10.1. The van der Waals surface area contributed by atoms with Gasteiger partial charge in [0.05, 0.1) is 0 Å². The van der Waals surface area contributed by atoms with Crippen molar-refractivity contribution in [3.8, 4) is 0 Å². The molecule has 0 rings (SSSR count). The second kappa shape index (κ2) is 4.69. The van der Waals surface area contributed by atoms with Crippen LogP contribution in [0.3, 0.4) is 0 Å². The molecular formula is C12H25N. The molecule has 0 heterocycles. The summed E-state index contributed by atoms with van der Waals surface area (Å²) in [6.45, 7) is 17.4. The average molecular weight is 183 g/mol. The van der Waals surface area contributed by atoms with Crippen LogP contribution in [0.25, 0.3) is 0 Å². The maximum Gasteiger partial charge on any atom is 0.0278 e. The van der Waals surface area contributed by atoms with Crippen LogP contribution in [0, 0.1) is 11.3 Å². The van der Waals surface area contributed by atoms with E-state index in [0.29, 0.717) is 17.4 Å². The van der Waals surface area contributed by atoms with Crippen molar-refractivity contribution in [1.82, 2.24) is 5.32 Å². The molecule has 2 unspecified atom stereocenters. The first-order chi connectivity index (χ1) is 5.79. The largest absolute Gasteiger partial charge is 0.386 e. The van der Waals surface area contributed by atoms with Crippen molar-refractivity contribution in [1.29, 1.82) is 0 Å². The Morgan fingerprint density at radius 2 is 1.77 bits per heavy atom. The lowest BCUT2D eigenvalue weighted by molar-refractivity contribution is 0.295. The molecule has 78 valence electrons. The molecule has 2 atom stereocenters. The predicted molar refractivity (Wildman–Crippen MR) is 60.6 cm³/mol. The molecular weight excluding hydrogens is 158 g/mol. The van der Waals surface area contributed by atoms with Crippen LogP contribution < -0.4 is 5.32 Å². The molecule has 0 amide bonds. The fourth-order valence-electron chi connectivity index (χ4n) is 0.883. The Morgan fingerprint density at radius 3 is 2.08 bits per heavy atom. The summed E-state index contributed by atoms with van der Waals surface area (Å²) in [5.74, 6) is 0.574. The number of rotatable bonds is 4. The Bertz CT molecular complexity index is 164. The van der Waals surface area contributed by atoms with Crippen molar-refractivity contribution in [3.05, 3.63) is 12.3 Å². The summed E-state index contributed by atoms with van der Waals surface area (Å²) < 4.78 is 0. The first-order valence-electron chi connectivity index (χ1n) is 5.24. The lowest BCUT2D eigenvalue weighted by atomic mass is 9.87. The fourth-order valence-corrected chi connectivity index (χ4v) is 0.883. The molecule has 1 heteroatoms. The van der Waals surface area contributed by atoms with Crippen LogP contribution in [-0.2, 0) is 0 Å². The third kappa shape index (κ3) is 4.35. The van der Waals surface area contributed by atoms with Gasteiger partial charge < -0.3 is 5.32 Å². The third-order valence-corrected chi connectivity index (χ3v) is 2.91. The molecule has 1 N–H and O–H groups in total. The van der Waals surface area contributed by atoms with Gasteiger partial charge in [-0.1, -0.05) is 41.2 Å². The molecule has 0 aromatic carbocycles. The molecule has 0 aliphatic rings. The van der Waals surface area contributed by atoms with Crippen LogP contribution in [-0.4, -0.2) is 6.04 Å². The van der Waals surface area contributed by atoms with Crippen LogP contribution in [0.4, 0.5) is 0 Å². The van der Waals surface area contributed by atoms with E-state index in [1.807, 2.05) is 0 Å². The summed E-state index contributed by atoms with van der Waals surface area (Å²) in [6, 6.07) is 0.481. The van der Waals surface area contributed by atoms with Crippen molar-refractivity contribution in [2.24, 2.45) is 11.3 Å². The highest BCUT2D eigenvalue weighted by Gasteiger charge is 2.20. The number of hydrogen-bond donors (Lipinski definition) is 1. The smallest absolute Gasteiger partial charge is 0.0278 e. The summed E-state index contributed by atoms with van der Waals surface area (Å²) in [5, 5.41) is 3.48. The molecule has 0 aromatic rings. The van der Waals surface area contributed by atoms with Gasteiger partial charge in [0.2, 0.25) is 0 Å². The molecule has 13 heavy (non-hydrogen) atoms. The van der Waals surface area contributed by atoms with Crippen LogP contribution in [0.2, 0.25) is 0 Å². The van der Waals surface area contributed by atoms with E-state index in [-0.39, 0.29) is 0 Å². The molecule has 0 aromatic heterocycles. The first-order valence-corrected chi connectivity index (χ1v) is 5.24. The Labute approximate surface area is 83.6 Å². The van der Waals surface area contributed by atoms with Gasteiger partial charge in [0, 0.05) is 11.7 Å². The summed E-state index contributed by atoms with van der Waals surface area (Å²) in [5.41, 5.74) is 1.47. The summed E-state index contributed by atoms with van der Waals surface area (Å²) >= 11 is 0. The molecule has 1 nitrogen and oxygen atoms in total. The lowest BCUT2D eigenvalue weighted by Crippen LogP contribution is -2.38. The van der Waals surface area contributed by atoms with Gasteiger partial charge in [0.15, 0.2) is 0 Å². The Morgan fingerprint density at radius 1 is 1.31 bits per heavy atom. The van der Waals surface area contributed by atoms with Crippen molar-refractivity contribution in [2.45, 2.75) is 54.0 Å². The van der Waals surface area contributed by atoms with E-state index >= 15 is 0 Å². The molecule has 0 radical (unpaired) electrons. The quantitative estimate of drug-likeness (QED) is 0.702. The molecule has 0 saturated carbocycles. The minimum absolute atomic E-state index is 0.302. The van der Waals surface area contributed by atoms with Gasteiger partial charge in [-0.3, -0.25) is 0 Å². The Kier molecular flexibility index (Phi) is 4.52. The Hall–Kier alpha value is -0.460. The van der Waals surface area contributed by atoms with E-state index in [4.69, 9.17) is 0 Å². The SMILES string of the molecule is C=C(NC(C)C(C)(C)C)C(C)CC. The van der Waals surface area contributed by atoms with Gasteiger partial charge in [-0.05, 0) is 24.7 Å². The highest BCUT2D eigenvalue weighted by atomic mass is 14.9. The van der Waals surface area contributed by atoms with Crippen LogP contribution in [0.5, 0.6) is 0 Å². The van der Waals surface area contributed by atoms with Crippen LogP contribution >= 0.6 is 0 Å². The zero-order valence-electron chi connectivity index (χ0n) is 10.1. The van der Waals surface area contributed by atoms with Gasteiger partial charge in [-0.25, -0.2) is 0 Å². The summed E-state index contributed by atoms with van der Waals surface area (Å²) in [7, 11) is 0. The van der Waals surface area contributed by atoms with Gasteiger partial charge in [-0.15, -0.1) is 0 Å². The summed E-state index contributed by atoms with van der Waals surface area (Å²) in [6.07, 6.45) is 1.16. The van der Waals surface area contributed by atoms with Crippen molar-refractivity contribution < 1.29 is 0 Å². The lowest BCUT2D eigenvalue weighted by Gasteiger charge is -2.31. The van der Waals surface area contributed by atoms with Crippen molar-refractivity contribution >= 4 is 0 Å². The molecule has 0 spiro atoms. The van der Waals surface area contributed by atoms with E-state index in [1.165, 1.54) is 5.70 Å². The maximum atomic E-state index is 4.07. The van der Waals surface area contributed by atoms with Crippen LogP contribution in [0.15, 0.2) is 12.3 Å². The first kappa shape index (κ1) is 12.5. The number of nitrogens with one attached hydrogen (secondary N) is 1. The molecule has 0 fully saturated rings. The monoisotopic (exact) mass is 183 g/mol. The van der Waals surface area contributed by atoms with E-state index in [2.05, 4.69) is 53.4 Å². The zero-order chi connectivity index (χ0) is 10.6. The normalized spacial score (nSPS) is 16.5. The molecule has 0 aliphatic heterocycles. The minimum atomic E-state index is 0.302. The minimum Gasteiger partial charge on any atom is -0.386 e. The highest BCUT2D eigenvalue weighted by molar-refractivity contribution is 4.99. The van der Waals surface area contributed by atoms with E-state index in [1.54, 1.807) is 0 Å². The standard InChI is InChI=1S/C12H25N/c1-8-9(2)10(3)13-11(4)12(5,6)7/h9,11,13H,3,8H2,1-2,4-7H3. The van der Waals surface area contributed by atoms with Gasteiger partial charge in [-0.2, -0.15) is 0 Å². The Balaban J connectivity index is 4.07. The number of hydrogen-bond acceptors (Lipinski definition) is 1. The van der Waals surface area contributed by atoms with Crippen molar-refractivity contribution in [2.75, 3.05) is 0 Å². The van der Waals surface area contributed by atoms with Gasteiger partial charge in [0.25, 0.3) is 0 Å².